The lowest BCUT2D eigenvalue weighted by molar-refractivity contribution is 0.102. The van der Waals surface area contributed by atoms with Crippen molar-refractivity contribution in [2.75, 3.05) is 5.32 Å². The number of hydrogen-bond acceptors (Lipinski definition) is 6. The van der Waals surface area contributed by atoms with Crippen LogP contribution in [0.2, 0.25) is 0 Å². The third kappa shape index (κ3) is 3.88. The number of aliphatic imine (C=N–C) groups is 1. The molecule has 0 fully saturated rings. The van der Waals surface area contributed by atoms with Gasteiger partial charge in [-0.15, -0.1) is 0 Å². The molecule has 0 spiro atoms. The van der Waals surface area contributed by atoms with Crippen molar-refractivity contribution in [3.63, 3.8) is 0 Å². The number of aromatic nitrogens is 2. The van der Waals surface area contributed by atoms with Crippen molar-refractivity contribution in [3.8, 4) is 6.07 Å². The van der Waals surface area contributed by atoms with Gasteiger partial charge in [-0.3, -0.25) is 14.8 Å². The fraction of sp³-hybridized carbons (Fsp3) is 0.136. The maximum atomic E-state index is 12.3. The molecule has 29 heavy (non-hydrogen) atoms. The zero-order valence-electron chi connectivity index (χ0n) is 15.6. The SMILES string of the molecule is Cc1cnc2c(c1)N=C([C@H](O)c1ccc(NC(=O)c3cccc(C#N)c3)nc1)C2. The summed E-state index contributed by atoms with van der Waals surface area (Å²) < 4.78 is 0. The van der Waals surface area contributed by atoms with Crippen molar-refractivity contribution in [1.29, 1.82) is 5.26 Å². The molecule has 3 aromatic rings. The van der Waals surface area contributed by atoms with Crippen LogP contribution >= 0.6 is 0 Å². The second kappa shape index (κ2) is 7.62. The lowest BCUT2D eigenvalue weighted by Gasteiger charge is -2.11. The first-order valence-corrected chi connectivity index (χ1v) is 9.02. The highest BCUT2D eigenvalue weighted by Crippen LogP contribution is 2.30. The number of nitrogens with zero attached hydrogens (tertiary/aromatic N) is 4. The third-order valence-corrected chi connectivity index (χ3v) is 4.61. The number of amides is 1. The average molecular weight is 383 g/mol. The minimum atomic E-state index is -0.894. The Morgan fingerprint density at radius 3 is 2.83 bits per heavy atom. The number of benzene rings is 1. The van der Waals surface area contributed by atoms with Gasteiger partial charge >= 0.3 is 0 Å². The number of rotatable bonds is 4. The lowest BCUT2D eigenvalue weighted by atomic mass is 10.0. The van der Waals surface area contributed by atoms with Gasteiger partial charge in [0.05, 0.1) is 28.7 Å². The molecule has 1 amide bonds. The van der Waals surface area contributed by atoms with E-state index in [0.29, 0.717) is 34.6 Å². The zero-order valence-corrected chi connectivity index (χ0v) is 15.6. The van der Waals surface area contributed by atoms with Crippen LogP contribution in [0.5, 0.6) is 0 Å². The topological polar surface area (TPSA) is 111 Å². The predicted octanol–water partition coefficient (Wildman–Crippen LogP) is 3.27. The summed E-state index contributed by atoms with van der Waals surface area (Å²) in [6.45, 7) is 1.95. The number of carbonyl (C=O) groups excluding carboxylic acids is 1. The van der Waals surface area contributed by atoms with Crippen LogP contribution in [-0.4, -0.2) is 26.7 Å². The maximum absolute atomic E-state index is 12.3. The summed E-state index contributed by atoms with van der Waals surface area (Å²) in [6.07, 6.45) is 2.89. The van der Waals surface area contributed by atoms with Gasteiger partial charge < -0.3 is 10.4 Å². The average Bonchev–Trinajstić information content (AvgIpc) is 3.17. The van der Waals surface area contributed by atoms with Gasteiger partial charge in [-0.2, -0.15) is 5.26 Å². The molecule has 142 valence electrons. The molecule has 4 rings (SSSR count). The molecule has 0 saturated heterocycles. The van der Waals surface area contributed by atoms with Gasteiger partial charge in [0.15, 0.2) is 0 Å². The minimum absolute atomic E-state index is 0.349. The number of pyridine rings is 2. The monoisotopic (exact) mass is 383 g/mol. The van der Waals surface area contributed by atoms with E-state index in [4.69, 9.17) is 5.26 Å². The number of aryl methyl sites for hydroxylation is 1. The molecule has 0 aliphatic carbocycles. The number of anilines is 1. The van der Waals surface area contributed by atoms with Crippen LogP contribution in [0, 0.1) is 18.3 Å². The Bertz CT molecular complexity index is 1160. The summed E-state index contributed by atoms with van der Waals surface area (Å²) in [5.74, 6) is -0.0118. The van der Waals surface area contributed by atoms with E-state index in [9.17, 15) is 9.90 Å². The second-order valence-electron chi connectivity index (χ2n) is 6.78. The molecule has 2 aromatic heterocycles. The van der Waals surface area contributed by atoms with Gasteiger partial charge in [0.1, 0.15) is 11.9 Å². The minimum Gasteiger partial charge on any atom is -0.382 e. The molecule has 1 atom stereocenters. The van der Waals surface area contributed by atoms with E-state index in [0.717, 1.165) is 16.9 Å². The van der Waals surface area contributed by atoms with E-state index in [1.807, 2.05) is 19.1 Å². The molecule has 0 saturated carbocycles. The Labute approximate surface area is 167 Å². The smallest absolute Gasteiger partial charge is 0.256 e. The highest BCUT2D eigenvalue weighted by atomic mass is 16.3. The number of fused-ring (bicyclic) bond motifs is 1. The van der Waals surface area contributed by atoms with Crippen LogP contribution in [0.1, 0.15) is 38.8 Å². The highest BCUT2D eigenvalue weighted by molar-refractivity contribution is 6.04. The molecular weight excluding hydrogens is 366 g/mol. The molecule has 0 radical (unpaired) electrons. The van der Waals surface area contributed by atoms with Crippen LogP contribution in [0.15, 0.2) is 59.9 Å². The molecule has 1 aliphatic heterocycles. The van der Waals surface area contributed by atoms with Gasteiger partial charge in [-0.1, -0.05) is 12.1 Å². The van der Waals surface area contributed by atoms with Gasteiger partial charge in [-0.05, 0) is 42.8 Å². The number of nitriles is 1. The van der Waals surface area contributed by atoms with E-state index < -0.39 is 6.10 Å². The van der Waals surface area contributed by atoms with Crippen molar-refractivity contribution < 1.29 is 9.90 Å². The van der Waals surface area contributed by atoms with Crippen LogP contribution in [0.4, 0.5) is 11.5 Å². The quantitative estimate of drug-likeness (QED) is 0.718. The Morgan fingerprint density at radius 1 is 1.21 bits per heavy atom. The van der Waals surface area contributed by atoms with Gasteiger partial charge in [0.25, 0.3) is 5.91 Å². The van der Waals surface area contributed by atoms with E-state index in [1.54, 1.807) is 36.5 Å². The van der Waals surface area contributed by atoms with Crippen LogP contribution in [0.3, 0.4) is 0 Å². The Kier molecular flexibility index (Phi) is 4.85. The molecule has 2 N–H and O–H groups in total. The summed E-state index contributed by atoms with van der Waals surface area (Å²) >= 11 is 0. The Balaban J connectivity index is 1.46. The molecule has 0 bridgehead atoms. The number of aliphatic hydroxyl groups excluding tert-OH is 1. The normalized spacial score (nSPS) is 13.2. The first kappa shape index (κ1) is 18.5. The van der Waals surface area contributed by atoms with Crippen molar-refractivity contribution >= 4 is 23.1 Å². The highest BCUT2D eigenvalue weighted by Gasteiger charge is 2.23. The molecule has 1 aromatic carbocycles. The van der Waals surface area contributed by atoms with E-state index in [1.165, 1.54) is 12.3 Å². The Hall–Kier alpha value is -3.89. The predicted molar refractivity (Wildman–Crippen MR) is 108 cm³/mol. The second-order valence-corrected chi connectivity index (χ2v) is 6.78. The summed E-state index contributed by atoms with van der Waals surface area (Å²) in [5.41, 5.74) is 4.63. The van der Waals surface area contributed by atoms with Crippen LogP contribution in [-0.2, 0) is 6.42 Å². The van der Waals surface area contributed by atoms with E-state index in [-0.39, 0.29) is 5.91 Å². The first-order valence-electron chi connectivity index (χ1n) is 9.02. The summed E-state index contributed by atoms with van der Waals surface area (Å²) in [5, 5.41) is 22.3. The molecule has 3 heterocycles. The molecule has 0 unspecified atom stereocenters. The van der Waals surface area contributed by atoms with Crippen LogP contribution < -0.4 is 5.32 Å². The number of hydrogen-bond donors (Lipinski definition) is 2. The molecular formula is C22H17N5O2. The fourth-order valence-corrected chi connectivity index (χ4v) is 3.09. The van der Waals surface area contributed by atoms with Crippen LogP contribution in [0.25, 0.3) is 0 Å². The maximum Gasteiger partial charge on any atom is 0.256 e. The Morgan fingerprint density at radius 2 is 2.07 bits per heavy atom. The fourth-order valence-electron chi connectivity index (χ4n) is 3.09. The van der Waals surface area contributed by atoms with Gasteiger partial charge in [0, 0.05) is 29.9 Å². The first-order chi connectivity index (χ1) is 14.0. The van der Waals surface area contributed by atoms with Gasteiger partial charge in [0.2, 0.25) is 0 Å². The van der Waals surface area contributed by atoms with Crippen molar-refractivity contribution in [2.45, 2.75) is 19.4 Å². The zero-order chi connectivity index (χ0) is 20.4. The third-order valence-electron chi connectivity index (χ3n) is 4.61. The number of carbonyl (C=O) groups is 1. The molecule has 1 aliphatic rings. The summed E-state index contributed by atoms with van der Waals surface area (Å²) in [6, 6.07) is 13.7. The van der Waals surface area contributed by atoms with E-state index >= 15 is 0 Å². The largest absolute Gasteiger partial charge is 0.382 e. The standard InChI is InChI=1S/C22H17N5O2/c1-13-7-18-17(24-11-13)9-19(26-18)21(28)16-5-6-20(25-12-16)27-22(29)15-4-2-3-14(8-15)10-23/h2-8,11-12,21,28H,9H2,1H3,(H,25,27,29)/t21-/m1/s1. The van der Waals surface area contributed by atoms with Crippen molar-refractivity contribution in [1.82, 2.24) is 9.97 Å². The van der Waals surface area contributed by atoms with Crippen molar-refractivity contribution in [3.05, 3.63) is 82.8 Å². The number of nitrogens with one attached hydrogen (secondary N) is 1. The van der Waals surface area contributed by atoms with E-state index in [2.05, 4.69) is 20.3 Å². The van der Waals surface area contributed by atoms with Crippen molar-refractivity contribution in [2.24, 2.45) is 4.99 Å². The summed E-state index contributed by atoms with van der Waals surface area (Å²) in [7, 11) is 0. The molecule has 7 nitrogen and oxygen atoms in total. The molecule has 7 heteroatoms. The lowest BCUT2D eigenvalue weighted by Crippen LogP contribution is -2.15. The van der Waals surface area contributed by atoms with Gasteiger partial charge in [-0.25, -0.2) is 4.98 Å². The number of aliphatic hydroxyl groups is 1. The summed E-state index contributed by atoms with van der Waals surface area (Å²) in [4.78, 5) is 25.4.